The van der Waals surface area contributed by atoms with Gasteiger partial charge in [0.05, 0.1) is 6.10 Å². The molecule has 1 aromatic carbocycles. The molecule has 106 valence electrons. The Balaban J connectivity index is 2.62. The summed E-state index contributed by atoms with van der Waals surface area (Å²) in [6.45, 7) is 1.94. The third-order valence-corrected chi connectivity index (χ3v) is 3.88. The van der Waals surface area contributed by atoms with E-state index < -0.39 is 16.1 Å². The molecule has 0 aromatic heterocycles. The maximum Gasteiger partial charge on any atom is 0.233 e. The molecule has 0 radical (unpaired) electrons. The summed E-state index contributed by atoms with van der Waals surface area (Å²) in [7, 11) is -3.56. The lowest BCUT2D eigenvalue weighted by molar-refractivity contribution is 0.167. The van der Waals surface area contributed by atoms with Gasteiger partial charge in [0.25, 0.3) is 0 Å². The third-order valence-electron chi connectivity index (χ3n) is 2.47. The molecule has 0 bridgehead atoms. The Morgan fingerprint density at radius 2 is 2.11 bits per heavy atom. The van der Waals surface area contributed by atoms with Crippen molar-refractivity contribution in [3.05, 3.63) is 40.3 Å². The molecule has 0 spiro atoms. The zero-order chi connectivity index (χ0) is 14.3. The fourth-order valence-corrected chi connectivity index (χ4v) is 2.51. The van der Waals surface area contributed by atoms with E-state index in [2.05, 4.69) is 4.72 Å². The minimum absolute atomic E-state index is 0.0169. The molecule has 0 amide bonds. The molecule has 0 aliphatic heterocycles. The van der Waals surface area contributed by atoms with Gasteiger partial charge in [-0.05, 0) is 24.1 Å². The highest BCUT2D eigenvalue weighted by atomic mass is 35.5. The van der Waals surface area contributed by atoms with Crippen molar-refractivity contribution in [1.82, 2.24) is 4.72 Å². The normalized spacial score (nSPS) is 13.8. The monoisotopic (exact) mass is 303 g/mol. The van der Waals surface area contributed by atoms with Gasteiger partial charge in [0, 0.05) is 17.0 Å². The topological polar surface area (TPSA) is 66.4 Å². The zero-order valence-electron chi connectivity index (χ0n) is 10.7. The molecule has 2 N–H and O–H groups in total. The first-order chi connectivity index (χ1) is 8.94. The van der Waals surface area contributed by atoms with Crippen LogP contribution >= 0.6 is 11.6 Å². The van der Waals surface area contributed by atoms with Crippen LogP contribution in [0.25, 0.3) is 6.08 Å². The Morgan fingerprint density at radius 1 is 1.42 bits per heavy atom. The highest BCUT2D eigenvalue weighted by Crippen LogP contribution is 2.16. The molecule has 1 rings (SSSR count). The first kappa shape index (κ1) is 16.2. The molecule has 1 aromatic rings. The van der Waals surface area contributed by atoms with Crippen LogP contribution in [0, 0.1) is 0 Å². The molecule has 1 atom stereocenters. The SMILES string of the molecule is CCCC(O)CNS(=O)(=O)/C=C/c1ccccc1Cl. The summed E-state index contributed by atoms with van der Waals surface area (Å²) in [4.78, 5) is 0. The van der Waals surface area contributed by atoms with Gasteiger partial charge in [-0.15, -0.1) is 0 Å². The average Bonchev–Trinajstić information content (AvgIpc) is 2.36. The van der Waals surface area contributed by atoms with E-state index in [1.807, 2.05) is 6.92 Å². The second-order valence-corrected chi connectivity index (χ2v) is 6.22. The summed E-state index contributed by atoms with van der Waals surface area (Å²) < 4.78 is 25.7. The van der Waals surface area contributed by atoms with Crippen LogP contribution in [0.15, 0.2) is 29.7 Å². The first-order valence-corrected chi connectivity index (χ1v) is 7.97. The molecule has 0 saturated carbocycles. The van der Waals surface area contributed by atoms with Gasteiger partial charge in [0.2, 0.25) is 10.0 Å². The summed E-state index contributed by atoms with van der Waals surface area (Å²) in [5.74, 6) is 0. The summed E-state index contributed by atoms with van der Waals surface area (Å²) in [6, 6.07) is 6.96. The van der Waals surface area contributed by atoms with E-state index >= 15 is 0 Å². The molecule has 1 unspecified atom stereocenters. The van der Waals surface area contributed by atoms with Gasteiger partial charge in [-0.2, -0.15) is 0 Å². The Labute approximate surface area is 119 Å². The Hall–Kier alpha value is -0.880. The largest absolute Gasteiger partial charge is 0.392 e. The smallest absolute Gasteiger partial charge is 0.233 e. The van der Waals surface area contributed by atoms with Gasteiger partial charge in [-0.25, -0.2) is 13.1 Å². The Morgan fingerprint density at radius 3 is 2.74 bits per heavy atom. The van der Waals surface area contributed by atoms with E-state index in [4.69, 9.17) is 11.6 Å². The van der Waals surface area contributed by atoms with Crippen LogP contribution < -0.4 is 4.72 Å². The molecular formula is C13H18ClNO3S. The number of nitrogens with one attached hydrogen (secondary N) is 1. The molecular weight excluding hydrogens is 286 g/mol. The molecule has 19 heavy (non-hydrogen) atoms. The van der Waals surface area contributed by atoms with Gasteiger partial charge in [0.1, 0.15) is 0 Å². The van der Waals surface area contributed by atoms with E-state index in [-0.39, 0.29) is 6.54 Å². The van der Waals surface area contributed by atoms with Crippen molar-refractivity contribution in [3.63, 3.8) is 0 Å². The lowest BCUT2D eigenvalue weighted by Crippen LogP contribution is -2.30. The van der Waals surface area contributed by atoms with Crippen molar-refractivity contribution in [2.24, 2.45) is 0 Å². The molecule has 4 nitrogen and oxygen atoms in total. The Kier molecular flexibility index (Phi) is 6.51. The molecule has 0 saturated heterocycles. The number of sulfonamides is 1. The zero-order valence-corrected chi connectivity index (χ0v) is 12.3. The highest BCUT2D eigenvalue weighted by Gasteiger charge is 2.09. The van der Waals surface area contributed by atoms with E-state index in [1.54, 1.807) is 24.3 Å². The van der Waals surface area contributed by atoms with Crippen LogP contribution in [-0.4, -0.2) is 26.2 Å². The number of rotatable bonds is 7. The molecule has 0 fully saturated rings. The van der Waals surface area contributed by atoms with Crippen molar-refractivity contribution >= 4 is 27.7 Å². The first-order valence-electron chi connectivity index (χ1n) is 6.05. The molecule has 6 heteroatoms. The lowest BCUT2D eigenvalue weighted by Gasteiger charge is -2.09. The maximum atomic E-state index is 11.7. The third kappa shape index (κ3) is 6.20. The molecule has 0 heterocycles. The number of aliphatic hydroxyl groups is 1. The number of hydrogen-bond acceptors (Lipinski definition) is 3. The number of halogens is 1. The van der Waals surface area contributed by atoms with E-state index in [9.17, 15) is 13.5 Å². The minimum Gasteiger partial charge on any atom is -0.392 e. The van der Waals surface area contributed by atoms with Crippen molar-refractivity contribution in [1.29, 1.82) is 0 Å². The van der Waals surface area contributed by atoms with E-state index in [0.717, 1.165) is 11.8 Å². The lowest BCUT2D eigenvalue weighted by atomic mass is 10.2. The quantitative estimate of drug-likeness (QED) is 0.813. The standard InChI is InChI=1S/C13H18ClNO3S/c1-2-5-12(16)10-15-19(17,18)9-8-11-6-3-4-7-13(11)14/h3-4,6-9,12,15-16H,2,5,10H2,1H3/b9-8+. The van der Waals surface area contributed by atoms with Crippen LogP contribution in [-0.2, 0) is 10.0 Å². The highest BCUT2D eigenvalue weighted by molar-refractivity contribution is 7.92. The van der Waals surface area contributed by atoms with Crippen LogP contribution in [0.1, 0.15) is 25.3 Å². The minimum atomic E-state index is -3.56. The van der Waals surface area contributed by atoms with E-state index in [0.29, 0.717) is 17.0 Å². The summed E-state index contributed by atoms with van der Waals surface area (Å²) in [5.41, 5.74) is 0.628. The molecule has 0 aliphatic rings. The predicted molar refractivity (Wildman–Crippen MR) is 78.3 cm³/mol. The molecule has 0 aliphatic carbocycles. The van der Waals surface area contributed by atoms with Gasteiger partial charge in [0.15, 0.2) is 0 Å². The maximum absolute atomic E-state index is 11.7. The van der Waals surface area contributed by atoms with Crippen LogP contribution in [0.2, 0.25) is 5.02 Å². The van der Waals surface area contributed by atoms with Gasteiger partial charge in [-0.3, -0.25) is 0 Å². The number of benzene rings is 1. The van der Waals surface area contributed by atoms with E-state index in [1.165, 1.54) is 6.08 Å². The predicted octanol–water partition coefficient (Wildman–Crippen LogP) is 2.39. The van der Waals surface area contributed by atoms with Crippen molar-refractivity contribution in [2.45, 2.75) is 25.9 Å². The van der Waals surface area contributed by atoms with Crippen LogP contribution in [0.3, 0.4) is 0 Å². The van der Waals surface area contributed by atoms with Crippen molar-refractivity contribution in [2.75, 3.05) is 6.54 Å². The van der Waals surface area contributed by atoms with Gasteiger partial charge in [-0.1, -0.05) is 43.1 Å². The van der Waals surface area contributed by atoms with Crippen LogP contribution in [0.5, 0.6) is 0 Å². The number of aliphatic hydroxyl groups excluding tert-OH is 1. The van der Waals surface area contributed by atoms with Gasteiger partial charge >= 0.3 is 0 Å². The average molecular weight is 304 g/mol. The summed E-state index contributed by atoms with van der Waals surface area (Å²) in [5, 5.41) is 11.0. The Bertz CT molecular complexity index is 528. The second-order valence-electron chi connectivity index (χ2n) is 4.16. The summed E-state index contributed by atoms with van der Waals surface area (Å²) in [6.07, 6.45) is 2.14. The fraction of sp³-hybridized carbons (Fsp3) is 0.385. The van der Waals surface area contributed by atoms with Crippen molar-refractivity contribution in [3.8, 4) is 0 Å². The fourth-order valence-electron chi connectivity index (χ4n) is 1.47. The summed E-state index contributed by atoms with van der Waals surface area (Å²) >= 11 is 5.92. The van der Waals surface area contributed by atoms with Gasteiger partial charge < -0.3 is 5.11 Å². The number of hydrogen-bond donors (Lipinski definition) is 2. The second kappa shape index (κ2) is 7.65. The van der Waals surface area contributed by atoms with Crippen LogP contribution in [0.4, 0.5) is 0 Å². The van der Waals surface area contributed by atoms with Crippen molar-refractivity contribution < 1.29 is 13.5 Å².